The summed E-state index contributed by atoms with van der Waals surface area (Å²) in [5.41, 5.74) is 1.04. The molecule has 0 atom stereocenters. The minimum Gasteiger partial charge on any atom is -0.493 e. The topological polar surface area (TPSA) is 9.23 Å². The van der Waals surface area contributed by atoms with Crippen molar-refractivity contribution in [1.29, 1.82) is 0 Å². The van der Waals surface area contributed by atoms with E-state index in [0.29, 0.717) is 0 Å². The van der Waals surface area contributed by atoms with Crippen LogP contribution >= 0.6 is 0 Å². The van der Waals surface area contributed by atoms with Gasteiger partial charge in [-0.25, -0.2) is 0 Å². The van der Waals surface area contributed by atoms with Gasteiger partial charge in [-0.3, -0.25) is 0 Å². The first kappa shape index (κ1) is 7.66. The number of benzene rings is 1. The molecule has 1 aliphatic carbocycles. The van der Waals surface area contributed by atoms with Crippen LogP contribution in [0.25, 0.3) is 0 Å². The zero-order valence-electron chi connectivity index (χ0n) is 7.12. The predicted octanol–water partition coefficient (Wildman–Crippen LogP) is 2.66. The zero-order chi connectivity index (χ0) is 8.39. The fourth-order valence-corrected chi connectivity index (χ4v) is 1.08. The highest BCUT2D eigenvalue weighted by Crippen LogP contribution is 2.29. The second-order valence-corrected chi connectivity index (χ2v) is 3.40. The summed E-state index contributed by atoms with van der Waals surface area (Å²) in [6, 6.07) is 7.90. The maximum Gasteiger partial charge on any atom is 0.119 e. The van der Waals surface area contributed by atoms with Gasteiger partial charge in [0.15, 0.2) is 0 Å². The van der Waals surface area contributed by atoms with Crippen LogP contribution in [0, 0.1) is 12.8 Å². The average Bonchev–Trinajstić information content (AvgIpc) is 2.87. The molecule has 1 aromatic rings. The Kier molecular flexibility index (Phi) is 2.03. The molecular formula is C11H13O. The zero-order valence-corrected chi connectivity index (χ0v) is 7.12. The molecule has 0 amide bonds. The largest absolute Gasteiger partial charge is 0.493 e. The molecule has 1 nitrogen and oxygen atoms in total. The summed E-state index contributed by atoms with van der Waals surface area (Å²) in [5, 5.41) is 0. The molecule has 0 N–H and O–H groups in total. The Morgan fingerprint density at radius 1 is 1.25 bits per heavy atom. The molecule has 1 heteroatoms. The summed E-state index contributed by atoms with van der Waals surface area (Å²) in [5.74, 6) is 1.79. The van der Waals surface area contributed by atoms with Crippen molar-refractivity contribution in [1.82, 2.24) is 0 Å². The molecule has 1 aliphatic rings. The fourth-order valence-electron chi connectivity index (χ4n) is 1.08. The Hall–Kier alpha value is -0.980. The lowest BCUT2D eigenvalue weighted by atomic mass is 10.2. The highest BCUT2D eigenvalue weighted by Gasteiger charge is 2.21. The Labute approximate surface area is 73.4 Å². The van der Waals surface area contributed by atoms with Crippen molar-refractivity contribution in [2.24, 2.45) is 5.92 Å². The number of hydrogen-bond acceptors (Lipinski definition) is 1. The molecule has 12 heavy (non-hydrogen) atoms. The summed E-state index contributed by atoms with van der Waals surface area (Å²) in [7, 11) is 0. The highest BCUT2D eigenvalue weighted by molar-refractivity contribution is 5.28. The summed E-state index contributed by atoms with van der Waals surface area (Å²) >= 11 is 0. The minimum atomic E-state index is 0.824. The van der Waals surface area contributed by atoms with Crippen LogP contribution in [0.3, 0.4) is 0 Å². The first-order valence-corrected chi connectivity index (χ1v) is 4.39. The second kappa shape index (κ2) is 3.18. The summed E-state index contributed by atoms with van der Waals surface area (Å²) in [6.07, 6.45) is 2.68. The van der Waals surface area contributed by atoms with E-state index in [-0.39, 0.29) is 0 Å². The van der Waals surface area contributed by atoms with E-state index >= 15 is 0 Å². The van der Waals surface area contributed by atoms with E-state index in [9.17, 15) is 0 Å². The normalized spacial score (nSPS) is 16.1. The third-order valence-electron chi connectivity index (χ3n) is 2.11. The summed E-state index contributed by atoms with van der Waals surface area (Å²) in [6.45, 7) is 4.70. The van der Waals surface area contributed by atoms with Crippen molar-refractivity contribution in [3.8, 4) is 5.75 Å². The van der Waals surface area contributed by atoms with Crippen molar-refractivity contribution >= 4 is 0 Å². The van der Waals surface area contributed by atoms with Gasteiger partial charge in [0.25, 0.3) is 0 Å². The molecule has 0 aliphatic heterocycles. The Balaban J connectivity index is 1.89. The van der Waals surface area contributed by atoms with Crippen LogP contribution in [-0.2, 0) is 0 Å². The quantitative estimate of drug-likeness (QED) is 0.662. The van der Waals surface area contributed by atoms with Gasteiger partial charge in [-0.1, -0.05) is 12.1 Å². The molecular weight excluding hydrogens is 148 g/mol. The van der Waals surface area contributed by atoms with Crippen LogP contribution in [0.4, 0.5) is 0 Å². The molecule has 0 spiro atoms. The molecule has 1 saturated carbocycles. The Morgan fingerprint density at radius 3 is 2.50 bits per heavy atom. The van der Waals surface area contributed by atoms with Gasteiger partial charge in [0.2, 0.25) is 0 Å². The fraction of sp³-hybridized carbons (Fsp3) is 0.364. The smallest absolute Gasteiger partial charge is 0.119 e. The van der Waals surface area contributed by atoms with E-state index < -0.39 is 0 Å². The highest BCUT2D eigenvalue weighted by atomic mass is 16.5. The van der Waals surface area contributed by atoms with Crippen molar-refractivity contribution in [3.63, 3.8) is 0 Å². The van der Waals surface area contributed by atoms with Crippen LogP contribution in [0.5, 0.6) is 5.75 Å². The van der Waals surface area contributed by atoms with E-state index in [1.165, 1.54) is 12.8 Å². The SMILES string of the molecule is [CH2]c1ccc(OCC2CC2)cc1. The molecule has 0 saturated heterocycles. The Bertz CT molecular complexity index is 246. The van der Waals surface area contributed by atoms with Gasteiger partial charge >= 0.3 is 0 Å². The maximum absolute atomic E-state index is 5.56. The van der Waals surface area contributed by atoms with Crippen molar-refractivity contribution in [2.75, 3.05) is 6.61 Å². The lowest BCUT2D eigenvalue weighted by molar-refractivity contribution is 0.300. The van der Waals surface area contributed by atoms with Gasteiger partial charge in [-0.05, 0) is 43.4 Å². The Morgan fingerprint density at radius 2 is 1.92 bits per heavy atom. The number of hydrogen-bond donors (Lipinski definition) is 0. The van der Waals surface area contributed by atoms with Crippen LogP contribution in [-0.4, -0.2) is 6.61 Å². The number of rotatable bonds is 3. The van der Waals surface area contributed by atoms with Gasteiger partial charge in [-0.2, -0.15) is 0 Å². The van der Waals surface area contributed by atoms with E-state index in [4.69, 9.17) is 4.74 Å². The molecule has 1 fully saturated rings. The van der Waals surface area contributed by atoms with E-state index in [2.05, 4.69) is 6.92 Å². The average molecular weight is 161 g/mol. The van der Waals surface area contributed by atoms with E-state index in [1.807, 2.05) is 24.3 Å². The lowest BCUT2D eigenvalue weighted by Gasteiger charge is -2.04. The van der Waals surface area contributed by atoms with Crippen molar-refractivity contribution in [3.05, 3.63) is 36.8 Å². The maximum atomic E-state index is 5.56. The van der Waals surface area contributed by atoms with Crippen LogP contribution in [0.15, 0.2) is 24.3 Å². The van der Waals surface area contributed by atoms with Crippen molar-refractivity contribution < 1.29 is 4.74 Å². The molecule has 2 rings (SSSR count). The standard InChI is InChI=1S/C11H13O/c1-9-2-6-11(7-3-9)12-8-10-4-5-10/h2-3,6-7,10H,1,4-5,8H2. The third kappa shape index (κ3) is 2.00. The van der Waals surface area contributed by atoms with E-state index in [1.54, 1.807) is 0 Å². The lowest BCUT2D eigenvalue weighted by Crippen LogP contribution is -1.98. The summed E-state index contributed by atoms with van der Waals surface area (Å²) < 4.78 is 5.56. The van der Waals surface area contributed by atoms with Crippen LogP contribution < -0.4 is 4.74 Å². The minimum absolute atomic E-state index is 0.824. The molecule has 1 aromatic carbocycles. The van der Waals surface area contributed by atoms with Gasteiger partial charge in [0.05, 0.1) is 6.61 Å². The molecule has 0 aromatic heterocycles. The monoisotopic (exact) mass is 161 g/mol. The van der Waals surface area contributed by atoms with Gasteiger partial charge in [-0.15, -0.1) is 0 Å². The molecule has 0 heterocycles. The third-order valence-corrected chi connectivity index (χ3v) is 2.11. The van der Waals surface area contributed by atoms with E-state index in [0.717, 1.165) is 23.8 Å². The number of ether oxygens (including phenoxy) is 1. The first-order valence-electron chi connectivity index (χ1n) is 4.39. The van der Waals surface area contributed by atoms with Crippen LogP contribution in [0.2, 0.25) is 0 Å². The second-order valence-electron chi connectivity index (χ2n) is 3.40. The molecule has 1 radical (unpaired) electrons. The first-order chi connectivity index (χ1) is 5.84. The molecule has 0 unspecified atom stereocenters. The molecule has 0 bridgehead atoms. The van der Waals surface area contributed by atoms with Gasteiger partial charge < -0.3 is 4.74 Å². The van der Waals surface area contributed by atoms with Gasteiger partial charge in [0.1, 0.15) is 5.75 Å². The predicted molar refractivity (Wildman–Crippen MR) is 49.1 cm³/mol. The van der Waals surface area contributed by atoms with Crippen LogP contribution in [0.1, 0.15) is 18.4 Å². The summed E-state index contributed by atoms with van der Waals surface area (Å²) in [4.78, 5) is 0. The molecule has 63 valence electrons. The van der Waals surface area contributed by atoms with Crippen molar-refractivity contribution in [2.45, 2.75) is 12.8 Å². The van der Waals surface area contributed by atoms with Gasteiger partial charge in [0, 0.05) is 0 Å².